The van der Waals surface area contributed by atoms with E-state index in [1.54, 1.807) is 17.1 Å². The van der Waals surface area contributed by atoms with Gasteiger partial charge in [0.2, 0.25) is 14.8 Å². The van der Waals surface area contributed by atoms with Gasteiger partial charge in [-0.2, -0.15) is 14.1 Å². The van der Waals surface area contributed by atoms with E-state index in [1.165, 1.54) is 21.3 Å². The number of aromatic nitrogens is 3. The first-order valence-corrected chi connectivity index (χ1v) is 10.1. The van der Waals surface area contributed by atoms with Gasteiger partial charge in [-0.1, -0.05) is 6.08 Å². The minimum absolute atomic E-state index is 0.118. The molecule has 1 saturated heterocycles. The molecule has 2 aromatic rings. The first kappa shape index (κ1) is 18.9. The second-order valence-corrected chi connectivity index (χ2v) is 8.42. The number of nitrogens with one attached hydrogen (secondary N) is 1. The van der Waals surface area contributed by atoms with Gasteiger partial charge in [0.1, 0.15) is 12.1 Å². The monoisotopic (exact) mass is 398 g/mol. The highest BCUT2D eigenvalue weighted by Crippen LogP contribution is 2.16. The summed E-state index contributed by atoms with van der Waals surface area (Å²) in [5, 5.41) is 4.29. The summed E-state index contributed by atoms with van der Waals surface area (Å²) in [4.78, 5) is 1.32. The van der Waals surface area contributed by atoms with Crippen LogP contribution in [0.3, 0.4) is 0 Å². The zero-order chi connectivity index (χ0) is 18.7. The predicted octanol–water partition coefficient (Wildman–Crippen LogP) is 0.286. The third-order valence-corrected chi connectivity index (χ3v) is 6.74. The third-order valence-electron chi connectivity index (χ3n) is 4.38. The van der Waals surface area contributed by atoms with Crippen LogP contribution >= 0.6 is 12.2 Å². The summed E-state index contributed by atoms with van der Waals surface area (Å²) in [5.74, 6) is -0.453. The lowest BCUT2D eigenvalue weighted by Gasteiger charge is -2.31. The Kier molecular flexibility index (Phi) is 5.66. The number of allylic oxidation sites excluding steroid dienone is 1. The lowest BCUT2D eigenvalue weighted by molar-refractivity contribution is -0.926. The average Bonchev–Trinajstić information content (AvgIpc) is 2.96. The summed E-state index contributed by atoms with van der Waals surface area (Å²) in [5.41, 5.74) is 0. The molecule has 0 atom stereocenters. The highest BCUT2D eigenvalue weighted by atomic mass is 32.2. The molecule has 1 fully saturated rings. The highest BCUT2D eigenvalue weighted by Gasteiger charge is 2.30. The van der Waals surface area contributed by atoms with Crippen LogP contribution in [0.5, 0.6) is 0 Å². The predicted molar refractivity (Wildman–Crippen MR) is 97.1 cm³/mol. The third kappa shape index (κ3) is 3.93. The van der Waals surface area contributed by atoms with Crippen molar-refractivity contribution in [2.24, 2.45) is 0 Å². The molecule has 0 unspecified atom stereocenters. The Hall–Kier alpha value is -1.88. The van der Waals surface area contributed by atoms with Crippen LogP contribution in [0.25, 0.3) is 0 Å². The standard InChI is InChI=1S/C16H20FN5O2S2/c1-2-7-20-12-18-22(16(20)25)13-19-8-10-21(11-9-19)26(23,24)15-5-3-14(17)4-6-15/h2-6,12H,1,7-11,13H2/p+1. The molecular weight excluding hydrogens is 377 g/mol. The Morgan fingerprint density at radius 1 is 1.27 bits per heavy atom. The topological polar surface area (TPSA) is 64.6 Å². The van der Waals surface area contributed by atoms with E-state index in [9.17, 15) is 12.8 Å². The minimum atomic E-state index is -3.59. The van der Waals surface area contributed by atoms with Crippen molar-refractivity contribution in [3.05, 3.63) is 53.8 Å². The first-order chi connectivity index (χ1) is 12.4. The van der Waals surface area contributed by atoms with Crippen molar-refractivity contribution in [1.29, 1.82) is 0 Å². The summed E-state index contributed by atoms with van der Waals surface area (Å²) < 4.78 is 43.9. The van der Waals surface area contributed by atoms with Crippen molar-refractivity contribution in [3.8, 4) is 0 Å². The van der Waals surface area contributed by atoms with Crippen LogP contribution in [-0.2, 0) is 23.2 Å². The Labute approximate surface area is 157 Å². The van der Waals surface area contributed by atoms with E-state index >= 15 is 0 Å². The van der Waals surface area contributed by atoms with Crippen LogP contribution in [0.1, 0.15) is 0 Å². The van der Waals surface area contributed by atoms with E-state index < -0.39 is 15.8 Å². The molecule has 0 amide bonds. The maximum Gasteiger partial charge on any atom is 0.243 e. The van der Waals surface area contributed by atoms with Crippen LogP contribution in [0.4, 0.5) is 4.39 Å². The Bertz CT molecular complexity index is 928. The minimum Gasteiger partial charge on any atom is -0.314 e. The van der Waals surface area contributed by atoms with E-state index in [0.29, 0.717) is 44.2 Å². The van der Waals surface area contributed by atoms with E-state index in [1.807, 2.05) is 4.57 Å². The molecule has 1 aromatic carbocycles. The SMILES string of the molecule is C=CCn1cnn(C[NH+]2CCN(S(=O)(=O)c3ccc(F)cc3)CC2)c1=S. The summed E-state index contributed by atoms with van der Waals surface area (Å²) in [6.07, 6.45) is 3.44. The van der Waals surface area contributed by atoms with E-state index in [-0.39, 0.29) is 4.90 Å². The first-order valence-electron chi connectivity index (χ1n) is 8.24. The molecule has 26 heavy (non-hydrogen) atoms. The molecule has 0 spiro atoms. The van der Waals surface area contributed by atoms with Crippen molar-refractivity contribution >= 4 is 22.2 Å². The Morgan fingerprint density at radius 2 is 1.92 bits per heavy atom. The molecule has 0 saturated carbocycles. The van der Waals surface area contributed by atoms with Gasteiger partial charge < -0.3 is 9.47 Å². The Balaban J connectivity index is 1.63. The van der Waals surface area contributed by atoms with Gasteiger partial charge in [-0.05, 0) is 36.5 Å². The zero-order valence-corrected chi connectivity index (χ0v) is 15.8. The number of hydrogen-bond acceptors (Lipinski definition) is 4. The van der Waals surface area contributed by atoms with Crippen molar-refractivity contribution in [2.75, 3.05) is 26.2 Å². The fourth-order valence-corrected chi connectivity index (χ4v) is 4.59. The lowest BCUT2D eigenvalue weighted by atomic mass is 10.4. The van der Waals surface area contributed by atoms with Crippen molar-refractivity contribution in [1.82, 2.24) is 18.7 Å². The zero-order valence-electron chi connectivity index (χ0n) is 14.2. The fourth-order valence-electron chi connectivity index (χ4n) is 2.91. The number of sulfonamides is 1. The summed E-state index contributed by atoms with van der Waals surface area (Å²) >= 11 is 5.38. The normalized spacial score (nSPS) is 16.7. The van der Waals surface area contributed by atoms with E-state index in [2.05, 4.69) is 11.7 Å². The maximum atomic E-state index is 13.0. The van der Waals surface area contributed by atoms with Gasteiger partial charge >= 0.3 is 0 Å². The maximum absolute atomic E-state index is 13.0. The van der Waals surface area contributed by atoms with Crippen molar-refractivity contribution < 1.29 is 17.7 Å². The second-order valence-electron chi connectivity index (χ2n) is 6.12. The van der Waals surface area contributed by atoms with Crippen molar-refractivity contribution in [2.45, 2.75) is 18.1 Å². The second kappa shape index (κ2) is 7.78. The molecule has 0 radical (unpaired) electrons. The van der Waals surface area contributed by atoms with Gasteiger partial charge in [0.05, 0.1) is 31.1 Å². The number of quaternary nitrogens is 1. The number of halogens is 1. The van der Waals surface area contributed by atoms with Crippen molar-refractivity contribution in [3.63, 3.8) is 0 Å². The van der Waals surface area contributed by atoms with Gasteiger partial charge in [0.25, 0.3) is 0 Å². The quantitative estimate of drug-likeness (QED) is 0.561. The van der Waals surface area contributed by atoms with Crippen LogP contribution < -0.4 is 4.90 Å². The molecule has 140 valence electrons. The van der Waals surface area contributed by atoms with Crippen LogP contribution in [0.2, 0.25) is 0 Å². The Morgan fingerprint density at radius 3 is 2.54 bits per heavy atom. The number of hydrogen-bond donors (Lipinski definition) is 1. The lowest BCUT2D eigenvalue weighted by Crippen LogP contribution is -3.14. The van der Waals surface area contributed by atoms with Crippen LogP contribution in [-0.4, -0.2) is 53.2 Å². The largest absolute Gasteiger partial charge is 0.314 e. The number of nitrogens with zero attached hydrogens (tertiary/aromatic N) is 4. The molecule has 7 nitrogen and oxygen atoms in total. The molecule has 2 heterocycles. The summed E-state index contributed by atoms with van der Waals surface area (Å²) in [6.45, 7) is 6.99. The van der Waals surface area contributed by atoms with Crippen LogP contribution in [0.15, 0.2) is 48.1 Å². The van der Waals surface area contributed by atoms with E-state index in [4.69, 9.17) is 12.2 Å². The van der Waals surface area contributed by atoms with Crippen LogP contribution in [0, 0.1) is 10.6 Å². The fraction of sp³-hybridized carbons (Fsp3) is 0.375. The van der Waals surface area contributed by atoms with Gasteiger partial charge in [0, 0.05) is 6.54 Å². The molecular formula is C16H21FN5O2S2+. The molecule has 10 heteroatoms. The average molecular weight is 399 g/mol. The molecule has 1 aliphatic rings. The molecule has 3 rings (SSSR count). The molecule has 1 aliphatic heterocycles. The van der Waals surface area contributed by atoms with E-state index in [0.717, 1.165) is 12.1 Å². The molecule has 0 aliphatic carbocycles. The summed E-state index contributed by atoms with van der Waals surface area (Å²) in [6, 6.07) is 4.93. The number of benzene rings is 1. The van der Waals surface area contributed by atoms with Gasteiger partial charge in [-0.15, -0.1) is 6.58 Å². The highest BCUT2D eigenvalue weighted by molar-refractivity contribution is 7.89. The smallest absolute Gasteiger partial charge is 0.243 e. The van der Waals surface area contributed by atoms with Gasteiger partial charge in [-0.3, -0.25) is 0 Å². The number of rotatable bonds is 6. The molecule has 0 bridgehead atoms. The number of piperazine rings is 1. The van der Waals surface area contributed by atoms with Gasteiger partial charge in [-0.25, -0.2) is 12.8 Å². The summed E-state index contributed by atoms with van der Waals surface area (Å²) in [7, 11) is -3.59. The molecule has 1 N–H and O–H groups in total. The molecule has 1 aromatic heterocycles. The van der Waals surface area contributed by atoms with Gasteiger partial charge in [0.15, 0.2) is 6.67 Å².